The van der Waals surface area contributed by atoms with Gasteiger partial charge in [0.2, 0.25) is 0 Å². The number of para-hydroxylation sites is 1. The summed E-state index contributed by atoms with van der Waals surface area (Å²) in [6, 6.07) is 60.7. The molecule has 7 aromatic carbocycles. The van der Waals surface area contributed by atoms with Crippen molar-refractivity contribution in [2.24, 2.45) is 0 Å². The SMILES string of the molecule is C/C=C\C(=C(/C)N(c1ccccc1-c1ccccc1)c1ccc2ccccc2c1-c1c#ccc2ccccc12)c1ccccc1. The van der Waals surface area contributed by atoms with Gasteiger partial charge < -0.3 is 4.90 Å². The molecule has 0 saturated carbocycles. The van der Waals surface area contributed by atoms with Crippen LogP contribution in [0, 0.1) is 12.1 Å². The van der Waals surface area contributed by atoms with Gasteiger partial charge in [0.1, 0.15) is 0 Å². The third kappa shape index (κ3) is 5.29. The molecule has 0 amide bonds. The van der Waals surface area contributed by atoms with Gasteiger partial charge in [-0.1, -0.05) is 158 Å². The number of allylic oxidation sites excluding steroid dienone is 4. The molecule has 0 radical (unpaired) electrons. The highest BCUT2D eigenvalue weighted by molar-refractivity contribution is 6.11. The van der Waals surface area contributed by atoms with E-state index < -0.39 is 0 Å². The maximum atomic E-state index is 3.56. The first-order chi connectivity index (χ1) is 22.2. The van der Waals surface area contributed by atoms with E-state index in [9.17, 15) is 0 Å². The highest BCUT2D eigenvalue weighted by Gasteiger charge is 2.24. The van der Waals surface area contributed by atoms with Crippen LogP contribution in [0.1, 0.15) is 19.4 Å². The zero-order chi connectivity index (χ0) is 30.6. The van der Waals surface area contributed by atoms with E-state index in [1.807, 2.05) is 6.07 Å². The van der Waals surface area contributed by atoms with E-state index in [1.165, 1.54) is 21.9 Å². The fraction of sp³-hybridized carbons (Fsp3) is 0.0455. The number of fused-ring (bicyclic) bond motifs is 2. The smallest absolute Gasteiger partial charge is 0.0550 e. The first-order valence-electron chi connectivity index (χ1n) is 15.4. The Morgan fingerprint density at radius 1 is 0.600 bits per heavy atom. The van der Waals surface area contributed by atoms with Gasteiger partial charge in [-0.05, 0) is 64.7 Å². The molecule has 0 aliphatic heterocycles. The van der Waals surface area contributed by atoms with Gasteiger partial charge in [0.05, 0.1) is 11.4 Å². The van der Waals surface area contributed by atoms with Crippen molar-refractivity contribution in [3.63, 3.8) is 0 Å². The maximum Gasteiger partial charge on any atom is 0.0550 e. The number of hydrogen-bond donors (Lipinski definition) is 0. The number of benzene rings is 6. The third-order valence-electron chi connectivity index (χ3n) is 8.43. The van der Waals surface area contributed by atoms with E-state index >= 15 is 0 Å². The molecule has 0 bridgehead atoms. The zero-order valence-corrected chi connectivity index (χ0v) is 25.5. The molecular formula is C44H33N. The zero-order valence-electron chi connectivity index (χ0n) is 25.5. The molecule has 7 aromatic rings. The van der Waals surface area contributed by atoms with Crippen molar-refractivity contribution >= 4 is 38.5 Å². The predicted octanol–water partition coefficient (Wildman–Crippen LogP) is 12.1. The van der Waals surface area contributed by atoms with Gasteiger partial charge in [-0.3, -0.25) is 0 Å². The normalized spacial score (nSPS) is 11.9. The van der Waals surface area contributed by atoms with Crippen LogP contribution in [0.25, 0.3) is 49.4 Å². The lowest BCUT2D eigenvalue weighted by atomic mass is 9.91. The number of anilines is 2. The van der Waals surface area contributed by atoms with Crippen LogP contribution < -0.4 is 4.90 Å². The van der Waals surface area contributed by atoms with Crippen molar-refractivity contribution in [3.8, 4) is 22.3 Å². The van der Waals surface area contributed by atoms with Crippen LogP contribution in [-0.4, -0.2) is 0 Å². The van der Waals surface area contributed by atoms with Gasteiger partial charge in [0.25, 0.3) is 0 Å². The Balaban J connectivity index is 1.62. The molecule has 0 atom stereocenters. The second-order valence-corrected chi connectivity index (χ2v) is 11.1. The maximum absolute atomic E-state index is 3.56. The van der Waals surface area contributed by atoms with Crippen molar-refractivity contribution in [3.05, 3.63) is 187 Å². The first-order valence-corrected chi connectivity index (χ1v) is 15.4. The second kappa shape index (κ2) is 12.4. The number of hydrogen-bond acceptors (Lipinski definition) is 1. The lowest BCUT2D eigenvalue weighted by Crippen LogP contribution is -2.18. The molecular weight excluding hydrogens is 542 g/mol. The minimum absolute atomic E-state index is 1.04. The van der Waals surface area contributed by atoms with Gasteiger partial charge in [0, 0.05) is 28.0 Å². The summed E-state index contributed by atoms with van der Waals surface area (Å²) in [5, 5.41) is 4.67. The number of rotatable bonds is 7. The van der Waals surface area contributed by atoms with E-state index in [-0.39, 0.29) is 0 Å². The molecule has 0 saturated heterocycles. The van der Waals surface area contributed by atoms with Crippen LogP contribution in [-0.2, 0) is 0 Å². The van der Waals surface area contributed by atoms with Crippen LogP contribution in [0.3, 0.4) is 0 Å². The van der Waals surface area contributed by atoms with Gasteiger partial charge in [0.15, 0.2) is 0 Å². The van der Waals surface area contributed by atoms with E-state index in [0.717, 1.165) is 50.1 Å². The molecule has 0 fully saturated rings. The molecule has 0 unspecified atom stereocenters. The van der Waals surface area contributed by atoms with Crippen LogP contribution in [0.15, 0.2) is 170 Å². The average molecular weight is 576 g/mol. The molecule has 214 valence electrons. The Labute approximate surface area is 266 Å². The average Bonchev–Trinajstić information content (AvgIpc) is 3.11. The molecule has 1 nitrogen and oxygen atoms in total. The molecule has 0 N–H and O–H groups in total. The predicted molar refractivity (Wildman–Crippen MR) is 192 cm³/mol. The monoisotopic (exact) mass is 575 g/mol. The van der Waals surface area contributed by atoms with Gasteiger partial charge >= 0.3 is 0 Å². The lowest BCUT2D eigenvalue weighted by molar-refractivity contribution is 1.16. The van der Waals surface area contributed by atoms with E-state index in [4.69, 9.17) is 0 Å². The minimum atomic E-state index is 1.04. The second-order valence-electron chi connectivity index (χ2n) is 11.1. The summed E-state index contributed by atoms with van der Waals surface area (Å²) in [5.74, 6) is 0. The summed E-state index contributed by atoms with van der Waals surface area (Å²) in [5.41, 5.74) is 10.2. The third-order valence-corrected chi connectivity index (χ3v) is 8.43. The molecule has 45 heavy (non-hydrogen) atoms. The lowest BCUT2D eigenvalue weighted by Gasteiger charge is -2.32. The van der Waals surface area contributed by atoms with Crippen LogP contribution in [0.5, 0.6) is 0 Å². The van der Waals surface area contributed by atoms with Crippen molar-refractivity contribution in [2.75, 3.05) is 4.90 Å². The first kappa shape index (κ1) is 28.0. The summed E-state index contributed by atoms with van der Waals surface area (Å²) in [4.78, 5) is 2.45. The fourth-order valence-electron chi connectivity index (χ4n) is 6.36. The molecule has 0 spiro atoms. The molecule has 0 aliphatic rings. The molecule has 0 heterocycles. The Morgan fingerprint density at radius 2 is 1.24 bits per heavy atom. The quantitative estimate of drug-likeness (QED) is 0.171. The Hall–Kier alpha value is -5.84. The van der Waals surface area contributed by atoms with E-state index in [0.29, 0.717) is 0 Å². The Bertz CT molecular complexity index is 2170. The van der Waals surface area contributed by atoms with Crippen LogP contribution >= 0.6 is 0 Å². The molecule has 1 heteroatoms. The van der Waals surface area contributed by atoms with E-state index in [1.54, 1.807) is 0 Å². The molecule has 0 aromatic heterocycles. The summed E-state index contributed by atoms with van der Waals surface area (Å²) in [6.07, 6.45) is 4.35. The number of nitrogens with zero attached hydrogens (tertiary/aromatic N) is 1. The topological polar surface area (TPSA) is 3.24 Å². The van der Waals surface area contributed by atoms with Crippen molar-refractivity contribution < 1.29 is 0 Å². The van der Waals surface area contributed by atoms with Gasteiger partial charge in [-0.25, -0.2) is 0 Å². The van der Waals surface area contributed by atoms with Gasteiger partial charge in [-0.2, -0.15) is 0 Å². The molecule has 7 rings (SSSR count). The van der Waals surface area contributed by atoms with E-state index in [2.05, 4.69) is 189 Å². The van der Waals surface area contributed by atoms with Crippen molar-refractivity contribution in [1.82, 2.24) is 0 Å². The largest absolute Gasteiger partial charge is 0.313 e. The summed E-state index contributed by atoms with van der Waals surface area (Å²) in [7, 11) is 0. The molecule has 0 aliphatic carbocycles. The summed E-state index contributed by atoms with van der Waals surface area (Å²) in [6.45, 7) is 4.32. The highest BCUT2D eigenvalue weighted by Crippen LogP contribution is 2.47. The standard InChI is InChI=1S/C44H33N/c1-3-17-37(33-18-6-4-7-19-33)32(2)45(42-29-15-14-26-39(42)35-20-8-5-9-21-35)43-31-30-36-23-11-13-27-40(36)44(43)41-28-16-24-34-22-10-12-25-38(34)41/h3-15,17-27,29-31H,1-2H3/b17-3-,37-32-. The van der Waals surface area contributed by atoms with Crippen molar-refractivity contribution in [2.45, 2.75) is 13.8 Å². The Morgan fingerprint density at radius 3 is 2.02 bits per heavy atom. The highest BCUT2D eigenvalue weighted by atomic mass is 15.2. The summed E-state index contributed by atoms with van der Waals surface area (Å²) < 4.78 is 0. The Kier molecular flexibility index (Phi) is 7.71. The summed E-state index contributed by atoms with van der Waals surface area (Å²) >= 11 is 0. The van der Waals surface area contributed by atoms with Crippen molar-refractivity contribution in [1.29, 1.82) is 0 Å². The van der Waals surface area contributed by atoms with Crippen LogP contribution in [0.2, 0.25) is 0 Å². The fourth-order valence-corrected chi connectivity index (χ4v) is 6.36. The minimum Gasteiger partial charge on any atom is -0.313 e. The van der Waals surface area contributed by atoms with Crippen LogP contribution in [0.4, 0.5) is 11.4 Å². The van der Waals surface area contributed by atoms with Gasteiger partial charge in [-0.15, -0.1) is 0 Å².